The highest BCUT2D eigenvalue weighted by Gasteiger charge is 2.16. The molecule has 5 nitrogen and oxygen atoms in total. The third-order valence-corrected chi connectivity index (χ3v) is 4.93. The fraction of sp³-hybridized carbons (Fsp3) is 0.583. The molecule has 0 spiro atoms. The van der Waals surface area contributed by atoms with Crippen LogP contribution in [-0.4, -0.2) is 38.0 Å². The fourth-order valence-electron chi connectivity index (χ4n) is 1.33. The lowest BCUT2D eigenvalue weighted by atomic mass is 10.3. The summed E-state index contributed by atoms with van der Waals surface area (Å²) in [5.41, 5.74) is 0.971. The minimum absolute atomic E-state index is 0.0704. The molecule has 1 rings (SSSR count). The summed E-state index contributed by atoms with van der Waals surface area (Å²) >= 11 is 1.62. The number of nitrogens with zero attached hydrogens (tertiary/aromatic N) is 1. The number of thioether (sulfide) groups is 1. The highest BCUT2D eigenvalue weighted by Crippen LogP contribution is 2.08. The van der Waals surface area contributed by atoms with Crippen LogP contribution in [0.15, 0.2) is 23.4 Å². The standard InChI is InChI=1S/C12H21N3O2S2/c1-4-13-8-11-5-6-12(14-9-11)19(16,17)15-7-10(2)18-3/h5-6,9-10,13,15H,4,7-8H2,1-3H3. The first kappa shape index (κ1) is 16.4. The third-order valence-electron chi connectivity index (χ3n) is 2.62. The van der Waals surface area contributed by atoms with Gasteiger partial charge in [0.2, 0.25) is 0 Å². The van der Waals surface area contributed by atoms with Crippen LogP contribution in [0.4, 0.5) is 0 Å². The second-order valence-corrected chi connectivity index (χ2v) is 7.17. The largest absolute Gasteiger partial charge is 0.313 e. The molecule has 1 aromatic heterocycles. The maximum atomic E-state index is 12.0. The number of rotatable bonds is 8. The summed E-state index contributed by atoms with van der Waals surface area (Å²) in [6.07, 6.45) is 3.54. The molecule has 108 valence electrons. The molecule has 0 bridgehead atoms. The van der Waals surface area contributed by atoms with Gasteiger partial charge in [0.05, 0.1) is 0 Å². The van der Waals surface area contributed by atoms with E-state index in [1.807, 2.05) is 20.1 Å². The Morgan fingerprint density at radius 1 is 1.42 bits per heavy atom. The summed E-state index contributed by atoms with van der Waals surface area (Å²) < 4.78 is 26.5. The van der Waals surface area contributed by atoms with E-state index >= 15 is 0 Å². The van der Waals surface area contributed by atoms with Gasteiger partial charge in [-0.3, -0.25) is 0 Å². The first-order valence-electron chi connectivity index (χ1n) is 6.17. The van der Waals surface area contributed by atoms with Crippen LogP contribution < -0.4 is 10.0 Å². The van der Waals surface area contributed by atoms with Gasteiger partial charge < -0.3 is 5.32 Å². The van der Waals surface area contributed by atoms with Crippen molar-refractivity contribution in [3.63, 3.8) is 0 Å². The van der Waals surface area contributed by atoms with Crippen LogP contribution in [0.5, 0.6) is 0 Å². The third kappa shape index (κ3) is 5.48. The highest BCUT2D eigenvalue weighted by molar-refractivity contribution is 7.99. The van der Waals surface area contributed by atoms with E-state index in [9.17, 15) is 8.42 Å². The Balaban J connectivity index is 2.68. The lowest BCUT2D eigenvalue weighted by molar-refractivity contribution is 0.577. The van der Waals surface area contributed by atoms with Gasteiger partial charge in [-0.25, -0.2) is 18.1 Å². The van der Waals surface area contributed by atoms with Crippen molar-refractivity contribution in [1.82, 2.24) is 15.0 Å². The van der Waals surface area contributed by atoms with Crippen molar-refractivity contribution < 1.29 is 8.42 Å². The molecule has 0 saturated heterocycles. The van der Waals surface area contributed by atoms with E-state index in [0.717, 1.165) is 12.1 Å². The van der Waals surface area contributed by atoms with Gasteiger partial charge in [-0.05, 0) is 24.4 Å². The number of hydrogen-bond acceptors (Lipinski definition) is 5. The predicted molar refractivity (Wildman–Crippen MR) is 79.8 cm³/mol. The Bertz CT molecular complexity index is 474. The molecular formula is C12H21N3O2S2. The Kier molecular flexibility index (Phi) is 6.78. The van der Waals surface area contributed by atoms with Gasteiger partial charge in [-0.2, -0.15) is 11.8 Å². The lowest BCUT2D eigenvalue weighted by Gasteiger charge is -2.10. The van der Waals surface area contributed by atoms with Gasteiger partial charge in [-0.15, -0.1) is 0 Å². The molecule has 0 fully saturated rings. The van der Waals surface area contributed by atoms with E-state index in [1.54, 1.807) is 30.1 Å². The van der Waals surface area contributed by atoms with Crippen molar-refractivity contribution in [1.29, 1.82) is 0 Å². The Morgan fingerprint density at radius 3 is 2.68 bits per heavy atom. The van der Waals surface area contributed by atoms with Gasteiger partial charge >= 0.3 is 0 Å². The predicted octanol–water partition coefficient (Wildman–Crippen LogP) is 1.22. The molecule has 7 heteroatoms. The number of sulfonamides is 1. The van der Waals surface area contributed by atoms with Gasteiger partial charge in [0.1, 0.15) is 0 Å². The zero-order valence-corrected chi connectivity index (χ0v) is 13.1. The molecule has 1 aromatic rings. The molecule has 2 N–H and O–H groups in total. The zero-order chi connectivity index (χ0) is 14.3. The number of nitrogens with one attached hydrogen (secondary N) is 2. The molecule has 0 aliphatic heterocycles. The summed E-state index contributed by atoms with van der Waals surface area (Å²) in [7, 11) is -3.50. The maximum absolute atomic E-state index is 12.0. The average Bonchev–Trinajstić information content (AvgIpc) is 2.43. The van der Waals surface area contributed by atoms with Crippen LogP contribution in [0.1, 0.15) is 19.4 Å². The second-order valence-electron chi connectivity index (χ2n) is 4.18. The van der Waals surface area contributed by atoms with Crippen LogP contribution in [0, 0.1) is 0 Å². The van der Waals surface area contributed by atoms with Gasteiger partial charge in [0.15, 0.2) is 5.03 Å². The maximum Gasteiger partial charge on any atom is 0.258 e. The Hall–Kier alpha value is -0.630. The molecule has 0 aliphatic carbocycles. The van der Waals surface area contributed by atoms with E-state index in [4.69, 9.17) is 0 Å². The quantitative estimate of drug-likeness (QED) is 0.755. The van der Waals surface area contributed by atoms with Crippen molar-refractivity contribution >= 4 is 21.8 Å². The monoisotopic (exact) mass is 303 g/mol. The molecule has 0 radical (unpaired) electrons. The minimum Gasteiger partial charge on any atom is -0.313 e. The molecular weight excluding hydrogens is 282 g/mol. The SMILES string of the molecule is CCNCc1ccc(S(=O)(=O)NCC(C)SC)nc1. The number of hydrogen-bond donors (Lipinski definition) is 2. The fourth-order valence-corrected chi connectivity index (χ4v) is 2.74. The Labute approximate surface area is 119 Å². The summed E-state index contributed by atoms with van der Waals surface area (Å²) in [5, 5.41) is 3.47. The van der Waals surface area contributed by atoms with Crippen LogP contribution in [0.3, 0.4) is 0 Å². The van der Waals surface area contributed by atoms with E-state index in [2.05, 4.69) is 15.0 Å². The van der Waals surface area contributed by atoms with Crippen molar-refractivity contribution in [2.45, 2.75) is 30.7 Å². The molecule has 0 aromatic carbocycles. The summed E-state index contributed by atoms with van der Waals surface area (Å²) in [6, 6.07) is 3.32. The van der Waals surface area contributed by atoms with Crippen LogP contribution in [-0.2, 0) is 16.6 Å². The van der Waals surface area contributed by atoms with E-state index in [1.165, 1.54) is 0 Å². The number of pyridine rings is 1. The minimum atomic E-state index is -3.50. The summed E-state index contributed by atoms with van der Waals surface area (Å²) in [6.45, 7) is 5.96. The summed E-state index contributed by atoms with van der Waals surface area (Å²) in [5.74, 6) is 0. The zero-order valence-electron chi connectivity index (χ0n) is 11.5. The van der Waals surface area contributed by atoms with Crippen molar-refractivity contribution in [3.8, 4) is 0 Å². The smallest absolute Gasteiger partial charge is 0.258 e. The molecule has 0 amide bonds. The summed E-state index contributed by atoms with van der Waals surface area (Å²) in [4.78, 5) is 4.01. The van der Waals surface area contributed by atoms with Crippen molar-refractivity contribution in [2.24, 2.45) is 0 Å². The first-order chi connectivity index (χ1) is 8.99. The first-order valence-corrected chi connectivity index (χ1v) is 8.94. The van der Waals surface area contributed by atoms with Crippen LogP contribution in [0.25, 0.3) is 0 Å². The van der Waals surface area contributed by atoms with E-state index in [-0.39, 0.29) is 10.3 Å². The molecule has 1 atom stereocenters. The van der Waals surface area contributed by atoms with Gasteiger partial charge in [0.25, 0.3) is 10.0 Å². The molecule has 0 saturated carbocycles. The van der Waals surface area contributed by atoms with Gasteiger partial charge in [-0.1, -0.05) is 19.9 Å². The normalized spacial score (nSPS) is 13.4. The van der Waals surface area contributed by atoms with Crippen molar-refractivity contribution in [2.75, 3.05) is 19.3 Å². The molecule has 0 aliphatic rings. The topological polar surface area (TPSA) is 71.1 Å². The van der Waals surface area contributed by atoms with Gasteiger partial charge in [0, 0.05) is 24.5 Å². The second kappa shape index (κ2) is 7.84. The van der Waals surface area contributed by atoms with E-state index in [0.29, 0.717) is 13.1 Å². The lowest BCUT2D eigenvalue weighted by Crippen LogP contribution is -2.30. The van der Waals surface area contributed by atoms with Crippen molar-refractivity contribution in [3.05, 3.63) is 23.9 Å². The highest BCUT2D eigenvalue weighted by atomic mass is 32.2. The van der Waals surface area contributed by atoms with Crippen LogP contribution >= 0.6 is 11.8 Å². The Morgan fingerprint density at radius 2 is 2.16 bits per heavy atom. The van der Waals surface area contributed by atoms with Crippen LogP contribution in [0.2, 0.25) is 0 Å². The number of aromatic nitrogens is 1. The molecule has 1 unspecified atom stereocenters. The average molecular weight is 303 g/mol. The molecule has 19 heavy (non-hydrogen) atoms. The molecule has 1 heterocycles. The van der Waals surface area contributed by atoms with E-state index < -0.39 is 10.0 Å².